The molecule has 2 amide bonds. The highest BCUT2D eigenvalue weighted by molar-refractivity contribution is 5.87. The van der Waals surface area contributed by atoms with E-state index in [-0.39, 0.29) is 13.0 Å². The maximum atomic E-state index is 11.6. The Morgan fingerprint density at radius 3 is 2.47 bits per heavy atom. The van der Waals surface area contributed by atoms with Crippen LogP contribution in [-0.4, -0.2) is 35.1 Å². The predicted octanol–water partition coefficient (Wildman–Crippen LogP) is -0.363. The van der Waals surface area contributed by atoms with Gasteiger partial charge in [-0.2, -0.15) is 0 Å². The molecular weight excluding hydrogens is 246 g/mol. The number of amides is 2. The molecule has 1 aliphatic rings. The highest BCUT2D eigenvalue weighted by Crippen LogP contribution is 2.33. The van der Waals surface area contributed by atoms with Crippen LogP contribution < -0.4 is 16.8 Å². The van der Waals surface area contributed by atoms with E-state index in [0.29, 0.717) is 18.8 Å². The summed E-state index contributed by atoms with van der Waals surface area (Å²) in [5, 5.41) is 13.0. The van der Waals surface area contributed by atoms with Gasteiger partial charge in [0.25, 0.3) is 0 Å². The van der Waals surface area contributed by atoms with E-state index in [9.17, 15) is 14.7 Å². The van der Waals surface area contributed by atoms with Gasteiger partial charge in [0.2, 0.25) is 11.8 Å². The molecule has 6 heteroatoms. The molecule has 0 heterocycles. The third-order valence-corrected chi connectivity index (χ3v) is 3.96. The normalized spacial score (nSPS) is 28.7. The molecule has 1 unspecified atom stereocenters. The molecule has 0 bridgehead atoms. The Hall–Kier alpha value is -1.14. The first kappa shape index (κ1) is 15.9. The second-order valence-electron chi connectivity index (χ2n) is 5.57. The highest BCUT2D eigenvalue weighted by Gasteiger charge is 2.33. The van der Waals surface area contributed by atoms with Crippen molar-refractivity contribution in [3.63, 3.8) is 0 Å². The van der Waals surface area contributed by atoms with Crippen molar-refractivity contribution in [2.45, 2.75) is 57.1 Å². The molecule has 6 nitrogen and oxygen atoms in total. The van der Waals surface area contributed by atoms with Crippen molar-refractivity contribution in [1.29, 1.82) is 0 Å². The molecule has 0 radical (unpaired) electrons. The summed E-state index contributed by atoms with van der Waals surface area (Å²) in [4.78, 5) is 22.3. The molecule has 1 atom stereocenters. The lowest BCUT2D eigenvalue weighted by atomic mass is 9.78. The molecule has 0 aliphatic heterocycles. The summed E-state index contributed by atoms with van der Waals surface area (Å²) < 4.78 is 0. The second kappa shape index (κ2) is 6.86. The summed E-state index contributed by atoms with van der Waals surface area (Å²) in [5.74, 6) is -0.372. The van der Waals surface area contributed by atoms with E-state index in [1.807, 2.05) is 0 Å². The minimum absolute atomic E-state index is 0.178. The number of hydrogen-bond acceptors (Lipinski definition) is 4. The van der Waals surface area contributed by atoms with Crippen LogP contribution in [0, 0.1) is 5.92 Å². The molecule has 110 valence electrons. The van der Waals surface area contributed by atoms with Crippen molar-refractivity contribution >= 4 is 11.8 Å². The van der Waals surface area contributed by atoms with E-state index in [1.54, 1.807) is 0 Å². The van der Waals surface area contributed by atoms with Gasteiger partial charge in [-0.3, -0.25) is 9.59 Å². The SMILES string of the molecule is CCC1CCC(O)(CNC(=O)C(N)CC(N)=O)CC1. The number of nitrogens with one attached hydrogen (secondary N) is 1. The molecule has 19 heavy (non-hydrogen) atoms. The Morgan fingerprint density at radius 2 is 2.00 bits per heavy atom. The van der Waals surface area contributed by atoms with Gasteiger partial charge in [0, 0.05) is 6.54 Å². The standard InChI is InChI=1S/C13H25N3O3/c1-2-9-3-5-13(19,6-4-9)8-16-12(18)10(14)7-11(15)17/h9-10,19H,2-8,14H2,1H3,(H2,15,17)(H,16,18). The molecule has 1 saturated carbocycles. The number of nitrogens with two attached hydrogens (primary N) is 2. The van der Waals surface area contributed by atoms with Gasteiger partial charge in [0.05, 0.1) is 18.1 Å². The number of carbonyl (C=O) groups excluding carboxylic acids is 2. The molecule has 0 aromatic carbocycles. The van der Waals surface area contributed by atoms with Crippen molar-refractivity contribution in [2.24, 2.45) is 17.4 Å². The molecule has 0 saturated heterocycles. The van der Waals surface area contributed by atoms with E-state index < -0.39 is 23.5 Å². The Morgan fingerprint density at radius 1 is 1.42 bits per heavy atom. The van der Waals surface area contributed by atoms with Crippen LogP contribution in [0.3, 0.4) is 0 Å². The monoisotopic (exact) mass is 271 g/mol. The summed E-state index contributed by atoms with van der Waals surface area (Å²) in [6, 6.07) is -0.937. The van der Waals surface area contributed by atoms with Crippen LogP contribution in [0.5, 0.6) is 0 Å². The maximum Gasteiger partial charge on any atom is 0.237 e. The first-order valence-corrected chi connectivity index (χ1v) is 6.90. The summed E-state index contributed by atoms with van der Waals surface area (Å²) in [5.41, 5.74) is 9.66. The maximum absolute atomic E-state index is 11.6. The summed E-state index contributed by atoms with van der Waals surface area (Å²) >= 11 is 0. The van der Waals surface area contributed by atoms with Crippen molar-refractivity contribution in [3.8, 4) is 0 Å². The van der Waals surface area contributed by atoms with Crippen LogP contribution in [-0.2, 0) is 9.59 Å². The van der Waals surface area contributed by atoms with Crippen LogP contribution in [0.25, 0.3) is 0 Å². The Labute approximate surface area is 113 Å². The van der Waals surface area contributed by atoms with Gasteiger partial charge in [-0.15, -0.1) is 0 Å². The highest BCUT2D eigenvalue weighted by atomic mass is 16.3. The summed E-state index contributed by atoms with van der Waals surface area (Å²) in [6.45, 7) is 2.34. The summed E-state index contributed by atoms with van der Waals surface area (Å²) in [6.07, 6.45) is 4.30. The van der Waals surface area contributed by atoms with Crippen LogP contribution in [0.1, 0.15) is 45.4 Å². The molecule has 1 rings (SSSR count). The van der Waals surface area contributed by atoms with Crippen molar-refractivity contribution in [2.75, 3.05) is 6.54 Å². The second-order valence-corrected chi connectivity index (χ2v) is 5.57. The van der Waals surface area contributed by atoms with E-state index in [1.165, 1.54) is 0 Å². The van der Waals surface area contributed by atoms with E-state index in [4.69, 9.17) is 11.5 Å². The van der Waals surface area contributed by atoms with Crippen LogP contribution >= 0.6 is 0 Å². The average Bonchev–Trinajstić information content (AvgIpc) is 2.36. The Bertz CT molecular complexity index is 325. The largest absolute Gasteiger partial charge is 0.388 e. The Balaban J connectivity index is 2.35. The van der Waals surface area contributed by atoms with Gasteiger partial charge >= 0.3 is 0 Å². The molecule has 0 aromatic heterocycles. The van der Waals surface area contributed by atoms with Crippen molar-refractivity contribution in [3.05, 3.63) is 0 Å². The fraction of sp³-hybridized carbons (Fsp3) is 0.846. The molecule has 0 spiro atoms. The molecule has 1 fully saturated rings. The first-order chi connectivity index (χ1) is 8.86. The number of hydrogen-bond donors (Lipinski definition) is 4. The third kappa shape index (κ3) is 5.16. The number of primary amides is 1. The van der Waals surface area contributed by atoms with Crippen LogP contribution in [0.2, 0.25) is 0 Å². The smallest absolute Gasteiger partial charge is 0.237 e. The zero-order valence-electron chi connectivity index (χ0n) is 11.5. The average molecular weight is 271 g/mol. The van der Waals surface area contributed by atoms with Gasteiger partial charge in [0.15, 0.2) is 0 Å². The fourth-order valence-electron chi connectivity index (χ4n) is 2.49. The lowest BCUT2D eigenvalue weighted by molar-refractivity contribution is -0.127. The van der Waals surface area contributed by atoms with Gasteiger partial charge in [-0.1, -0.05) is 13.3 Å². The van der Waals surface area contributed by atoms with E-state index >= 15 is 0 Å². The van der Waals surface area contributed by atoms with Crippen molar-refractivity contribution in [1.82, 2.24) is 5.32 Å². The van der Waals surface area contributed by atoms with Gasteiger partial charge in [-0.25, -0.2) is 0 Å². The zero-order valence-corrected chi connectivity index (χ0v) is 11.5. The lowest BCUT2D eigenvalue weighted by Crippen LogP contribution is -2.50. The van der Waals surface area contributed by atoms with E-state index in [0.717, 1.165) is 19.3 Å². The van der Waals surface area contributed by atoms with E-state index in [2.05, 4.69) is 12.2 Å². The predicted molar refractivity (Wildman–Crippen MR) is 72.0 cm³/mol. The van der Waals surface area contributed by atoms with Crippen LogP contribution in [0.15, 0.2) is 0 Å². The van der Waals surface area contributed by atoms with Gasteiger partial charge in [0.1, 0.15) is 0 Å². The molecule has 6 N–H and O–H groups in total. The minimum atomic E-state index is -0.937. The molecular formula is C13H25N3O3. The number of rotatable bonds is 6. The number of carbonyl (C=O) groups is 2. The molecule has 1 aliphatic carbocycles. The minimum Gasteiger partial charge on any atom is -0.388 e. The third-order valence-electron chi connectivity index (χ3n) is 3.96. The topological polar surface area (TPSA) is 118 Å². The van der Waals surface area contributed by atoms with Crippen LogP contribution in [0.4, 0.5) is 0 Å². The van der Waals surface area contributed by atoms with Crippen molar-refractivity contribution < 1.29 is 14.7 Å². The fourth-order valence-corrected chi connectivity index (χ4v) is 2.49. The van der Waals surface area contributed by atoms with Gasteiger partial charge < -0.3 is 21.9 Å². The Kier molecular flexibility index (Phi) is 5.75. The summed E-state index contributed by atoms with van der Waals surface area (Å²) in [7, 11) is 0. The molecule has 0 aromatic rings. The first-order valence-electron chi connectivity index (χ1n) is 6.90. The lowest BCUT2D eigenvalue weighted by Gasteiger charge is -2.36. The number of aliphatic hydroxyl groups is 1. The quantitative estimate of drug-likeness (QED) is 0.527. The zero-order chi connectivity index (χ0) is 14.5. The van der Waals surface area contributed by atoms with Gasteiger partial charge in [-0.05, 0) is 31.6 Å².